The summed E-state index contributed by atoms with van der Waals surface area (Å²) in [6.07, 6.45) is 6.80. The summed E-state index contributed by atoms with van der Waals surface area (Å²) in [4.78, 5) is 22.2. The smallest absolute Gasteiger partial charge is 0.223 e. The van der Waals surface area contributed by atoms with E-state index in [1.807, 2.05) is 20.0 Å². The molecule has 1 fully saturated rings. The predicted octanol–water partition coefficient (Wildman–Crippen LogP) is 2.24. The standard InChI is InChI=1S/C18H31N5OS/c1-12(2)22-17(24)14-6-5-7-15(10-14)23-18(19-4)20-9-8-16-21-11-13(3)25-16/h11-12,14-15H,5-10H2,1-4H3,(H,22,24)(H2,19,20,23). The number of nitrogens with zero attached hydrogens (tertiary/aromatic N) is 2. The van der Waals surface area contributed by atoms with Crippen LogP contribution in [0.25, 0.3) is 0 Å². The van der Waals surface area contributed by atoms with Crippen molar-refractivity contribution in [2.24, 2.45) is 10.9 Å². The van der Waals surface area contributed by atoms with Gasteiger partial charge in [-0.1, -0.05) is 6.42 Å². The van der Waals surface area contributed by atoms with Crippen molar-refractivity contribution in [1.82, 2.24) is 20.9 Å². The summed E-state index contributed by atoms with van der Waals surface area (Å²) in [5.41, 5.74) is 0. The van der Waals surface area contributed by atoms with Crippen LogP contribution in [0, 0.1) is 12.8 Å². The van der Waals surface area contributed by atoms with Gasteiger partial charge in [0.25, 0.3) is 0 Å². The van der Waals surface area contributed by atoms with Gasteiger partial charge in [-0.25, -0.2) is 4.98 Å². The lowest BCUT2D eigenvalue weighted by Gasteiger charge is -2.30. The largest absolute Gasteiger partial charge is 0.356 e. The van der Waals surface area contributed by atoms with Gasteiger partial charge in [0.2, 0.25) is 5.91 Å². The molecule has 2 atom stereocenters. The Hall–Kier alpha value is -1.63. The highest BCUT2D eigenvalue weighted by molar-refractivity contribution is 7.11. The highest BCUT2D eigenvalue weighted by Crippen LogP contribution is 2.24. The molecule has 1 aliphatic rings. The number of nitrogens with one attached hydrogen (secondary N) is 3. The molecule has 0 saturated heterocycles. The molecule has 2 rings (SSSR count). The van der Waals surface area contributed by atoms with Crippen LogP contribution >= 0.6 is 11.3 Å². The molecule has 0 bridgehead atoms. The summed E-state index contributed by atoms with van der Waals surface area (Å²) >= 11 is 1.74. The van der Waals surface area contributed by atoms with E-state index >= 15 is 0 Å². The zero-order valence-corrected chi connectivity index (χ0v) is 16.6. The Morgan fingerprint density at radius 2 is 2.24 bits per heavy atom. The molecule has 3 N–H and O–H groups in total. The molecular formula is C18H31N5OS. The first-order valence-corrected chi connectivity index (χ1v) is 9.98. The van der Waals surface area contributed by atoms with Gasteiger partial charge in [-0.15, -0.1) is 11.3 Å². The number of hydrogen-bond acceptors (Lipinski definition) is 4. The van der Waals surface area contributed by atoms with Gasteiger partial charge in [-0.3, -0.25) is 9.79 Å². The molecule has 1 amide bonds. The molecule has 140 valence electrons. The Balaban J connectivity index is 1.77. The average molecular weight is 366 g/mol. The quantitative estimate of drug-likeness (QED) is 0.534. The lowest BCUT2D eigenvalue weighted by molar-refractivity contribution is -0.126. The molecule has 0 radical (unpaired) electrons. The summed E-state index contributed by atoms with van der Waals surface area (Å²) in [7, 11) is 1.79. The highest BCUT2D eigenvalue weighted by Gasteiger charge is 2.27. The van der Waals surface area contributed by atoms with Crippen LogP contribution < -0.4 is 16.0 Å². The first kappa shape index (κ1) is 19.7. The minimum atomic E-state index is 0.102. The maximum atomic E-state index is 12.2. The Bertz CT molecular complexity index is 584. The Morgan fingerprint density at radius 3 is 2.88 bits per heavy atom. The van der Waals surface area contributed by atoms with Gasteiger partial charge < -0.3 is 16.0 Å². The summed E-state index contributed by atoms with van der Waals surface area (Å²) in [5, 5.41) is 11.0. The summed E-state index contributed by atoms with van der Waals surface area (Å²) in [6.45, 7) is 6.89. The van der Waals surface area contributed by atoms with E-state index in [0.717, 1.165) is 49.6 Å². The van der Waals surface area contributed by atoms with Crippen molar-refractivity contribution in [3.63, 3.8) is 0 Å². The number of thiazole rings is 1. The monoisotopic (exact) mass is 365 g/mol. The van der Waals surface area contributed by atoms with Gasteiger partial charge in [0.1, 0.15) is 0 Å². The fourth-order valence-corrected chi connectivity index (χ4v) is 3.94. The van der Waals surface area contributed by atoms with E-state index in [9.17, 15) is 4.79 Å². The first-order chi connectivity index (χ1) is 12.0. The first-order valence-electron chi connectivity index (χ1n) is 9.16. The molecule has 0 spiro atoms. The minimum absolute atomic E-state index is 0.102. The van der Waals surface area contributed by atoms with Crippen molar-refractivity contribution in [3.8, 4) is 0 Å². The van der Waals surface area contributed by atoms with E-state index in [2.05, 4.69) is 32.9 Å². The lowest BCUT2D eigenvalue weighted by atomic mass is 9.85. The van der Waals surface area contributed by atoms with Crippen molar-refractivity contribution in [2.75, 3.05) is 13.6 Å². The topological polar surface area (TPSA) is 78.4 Å². The second kappa shape index (κ2) is 9.75. The van der Waals surface area contributed by atoms with E-state index in [1.54, 1.807) is 18.4 Å². The number of rotatable bonds is 6. The number of aromatic nitrogens is 1. The van der Waals surface area contributed by atoms with Crippen LogP contribution in [0.5, 0.6) is 0 Å². The van der Waals surface area contributed by atoms with Crippen molar-refractivity contribution < 1.29 is 4.79 Å². The van der Waals surface area contributed by atoms with Gasteiger partial charge >= 0.3 is 0 Å². The molecule has 0 aliphatic heterocycles. The van der Waals surface area contributed by atoms with E-state index in [4.69, 9.17) is 0 Å². The number of hydrogen-bond donors (Lipinski definition) is 3. The Morgan fingerprint density at radius 1 is 1.44 bits per heavy atom. The second-order valence-corrected chi connectivity index (χ2v) is 8.30. The maximum absolute atomic E-state index is 12.2. The molecule has 7 heteroatoms. The van der Waals surface area contributed by atoms with Gasteiger partial charge in [-0.2, -0.15) is 0 Å². The maximum Gasteiger partial charge on any atom is 0.223 e. The minimum Gasteiger partial charge on any atom is -0.356 e. The van der Waals surface area contributed by atoms with E-state index < -0.39 is 0 Å². The molecular weight excluding hydrogens is 334 g/mol. The van der Waals surface area contributed by atoms with Crippen LogP contribution in [0.4, 0.5) is 0 Å². The Labute approximate surface area is 154 Å². The fourth-order valence-electron chi connectivity index (χ4n) is 3.15. The Kier molecular flexibility index (Phi) is 7.68. The number of amides is 1. The SMILES string of the molecule is CN=C(NCCc1ncc(C)s1)NC1CCCC(C(=O)NC(C)C)C1. The summed E-state index contributed by atoms with van der Waals surface area (Å²) in [6, 6.07) is 0.495. The van der Waals surface area contributed by atoms with Gasteiger partial charge in [0.15, 0.2) is 5.96 Å². The number of carbonyl (C=O) groups is 1. The third kappa shape index (κ3) is 6.65. The molecule has 1 heterocycles. The zero-order chi connectivity index (χ0) is 18.2. The van der Waals surface area contributed by atoms with Crippen LogP contribution in [0.2, 0.25) is 0 Å². The summed E-state index contributed by atoms with van der Waals surface area (Å²) < 4.78 is 0. The molecule has 25 heavy (non-hydrogen) atoms. The van der Waals surface area contributed by atoms with Gasteiger partial charge in [0.05, 0.1) is 5.01 Å². The van der Waals surface area contributed by atoms with Crippen molar-refractivity contribution in [2.45, 2.75) is 65.0 Å². The highest BCUT2D eigenvalue weighted by atomic mass is 32.1. The normalized spacial score (nSPS) is 21.2. The van der Waals surface area contributed by atoms with E-state index in [-0.39, 0.29) is 17.9 Å². The molecule has 0 aromatic carbocycles. The number of guanidine groups is 1. The summed E-state index contributed by atoms with van der Waals surface area (Å²) in [5.74, 6) is 1.09. The van der Waals surface area contributed by atoms with E-state index in [1.165, 1.54) is 4.88 Å². The lowest BCUT2D eigenvalue weighted by Crippen LogP contribution is -2.47. The third-order valence-corrected chi connectivity index (χ3v) is 5.31. The van der Waals surface area contributed by atoms with Crippen molar-refractivity contribution >= 4 is 23.2 Å². The molecule has 1 aromatic heterocycles. The molecule has 6 nitrogen and oxygen atoms in total. The predicted molar refractivity (Wildman–Crippen MR) is 104 cm³/mol. The van der Waals surface area contributed by atoms with Crippen LogP contribution in [0.1, 0.15) is 49.4 Å². The zero-order valence-electron chi connectivity index (χ0n) is 15.8. The fraction of sp³-hybridized carbons (Fsp3) is 0.722. The van der Waals surface area contributed by atoms with Gasteiger partial charge in [0, 0.05) is 49.1 Å². The molecule has 1 aromatic rings. The van der Waals surface area contributed by atoms with Crippen LogP contribution in [0.15, 0.2) is 11.2 Å². The van der Waals surface area contributed by atoms with Gasteiger partial charge in [-0.05, 0) is 40.0 Å². The average Bonchev–Trinajstić information content (AvgIpc) is 2.99. The van der Waals surface area contributed by atoms with Crippen molar-refractivity contribution in [1.29, 1.82) is 0 Å². The molecule has 2 unspecified atom stereocenters. The van der Waals surface area contributed by atoms with Crippen LogP contribution in [-0.2, 0) is 11.2 Å². The molecule has 1 saturated carbocycles. The van der Waals surface area contributed by atoms with E-state index in [0.29, 0.717) is 6.04 Å². The third-order valence-electron chi connectivity index (χ3n) is 4.34. The van der Waals surface area contributed by atoms with Crippen LogP contribution in [0.3, 0.4) is 0 Å². The number of aryl methyl sites for hydroxylation is 1. The molecule has 1 aliphatic carbocycles. The number of carbonyl (C=O) groups excluding carboxylic acids is 1. The van der Waals surface area contributed by atoms with Crippen LogP contribution in [-0.4, -0.2) is 42.5 Å². The van der Waals surface area contributed by atoms with Crippen molar-refractivity contribution in [3.05, 3.63) is 16.1 Å². The number of aliphatic imine (C=N–C) groups is 1. The second-order valence-electron chi connectivity index (χ2n) is 6.98.